The number of aryl methyl sites for hydroxylation is 3. The number of sulfonamides is 1. The van der Waals surface area contributed by atoms with Crippen LogP contribution in [0.4, 0.5) is 0 Å². The molecule has 1 atom stereocenters. The summed E-state index contributed by atoms with van der Waals surface area (Å²) in [7, 11) is -2.45. The molecule has 1 amide bonds. The summed E-state index contributed by atoms with van der Waals surface area (Å²) in [5, 5.41) is 11.5. The average molecular weight is 386 g/mol. The van der Waals surface area contributed by atoms with Gasteiger partial charge in [-0.1, -0.05) is 17.7 Å². The van der Waals surface area contributed by atoms with E-state index in [-0.39, 0.29) is 24.5 Å². The quantitative estimate of drug-likeness (QED) is 0.579. The molecule has 0 aromatic heterocycles. The Kier molecular flexibility index (Phi) is 7.31. The maximum Gasteiger partial charge on any atom is 0.331 e. The Hall–Kier alpha value is -1.97. The van der Waals surface area contributed by atoms with Gasteiger partial charge in [0.05, 0.1) is 11.5 Å². The first-order valence-corrected chi connectivity index (χ1v) is 9.52. The van der Waals surface area contributed by atoms with E-state index in [1.54, 1.807) is 26.0 Å². The minimum absolute atomic E-state index is 0.149. The summed E-state index contributed by atoms with van der Waals surface area (Å²) in [5.74, 6) is -1.83. The van der Waals surface area contributed by atoms with E-state index in [0.717, 1.165) is 5.56 Å². The van der Waals surface area contributed by atoms with Crippen molar-refractivity contribution in [3.05, 3.63) is 28.8 Å². The molecule has 0 saturated carbocycles. The minimum atomic E-state index is -3.78. The first-order valence-electron chi connectivity index (χ1n) is 8.04. The standard InChI is InChI=1S/C17H26N2O6S/c1-11-8-12(2)15(13(3)9-11)26(23,24)18-7-6-14(20)19-17(4,10-25-5)16(21)22/h8-9,18H,6-7,10H2,1-5H3,(H,19,20)(H,21,22). The van der Waals surface area contributed by atoms with Gasteiger partial charge in [-0.05, 0) is 38.8 Å². The lowest BCUT2D eigenvalue weighted by Crippen LogP contribution is -2.55. The molecule has 3 N–H and O–H groups in total. The molecule has 1 aromatic rings. The summed E-state index contributed by atoms with van der Waals surface area (Å²) in [6.07, 6.45) is -0.199. The molecule has 9 heteroatoms. The molecule has 1 rings (SSSR count). The molecule has 1 unspecified atom stereocenters. The van der Waals surface area contributed by atoms with Crippen molar-refractivity contribution < 1.29 is 27.9 Å². The highest BCUT2D eigenvalue weighted by Gasteiger charge is 2.34. The molecule has 0 radical (unpaired) electrons. The molecule has 0 aliphatic carbocycles. The topological polar surface area (TPSA) is 122 Å². The van der Waals surface area contributed by atoms with E-state index < -0.39 is 27.4 Å². The number of hydrogen-bond acceptors (Lipinski definition) is 5. The van der Waals surface area contributed by atoms with Gasteiger partial charge in [0.2, 0.25) is 15.9 Å². The molecule has 0 aliphatic rings. The van der Waals surface area contributed by atoms with Crippen LogP contribution in [-0.4, -0.2) is 51.2 Å². The van der Waals surface area contributed by atoms with Crippen molar-refractivity contribution in [2.75, 3.05) is 20.3 Å². The number of amides is 1. The van der Waals surface area contributed by atoms with E-state index in [2.05, 4.69) is 10.0 Å². The smallest absolute Gasteiger partial charge is 0.331 e. The molecule has 26 heavy (non-hydrogen) atoms. The van der Waals surface area contributed by atoms with E-state index in [9.17, 15) is 23.1 Å². The first-order chi connectivity index (χ1) is 11.9. The Morgan fingerprint density at radius 2 is 1.73 bits per heavy atom. The fraction of sp³-hybridized carbons (Fsp3) is 0.529. The predicted octanol–water partition coefficient (Wildman–Crippen LogP) is 0.886. The van der Waals surface area contributed by atoms with Gasteiger partial charge in [-0.2, -0.15) is 0 Å². The van der Waals surface area contributed by atoms with Crippen molar-refractivity contribution in [3.8, 4) is 0 Å². The van der Waals surface area contributed by atoms with Crippen molar-refractivity contribution in [3.63, 3.8) is 0 Å². The molecule has 0 heterocycles. The van der Waals surface area contributed by atoms with Gasteiger partial charge in [-0.15, -0.1) is 0 Å². The van der Waals surface area contributed by atoms with Crippen LogP contribution in [0.5, 0.6) is 0 Å². The van der Waals surface area contributed by atoms with Gasteiger partial charge >= 0.3 is 5.97 Å². The van der Waals surface area contributed by atoms with Gasteiger partial charge in [0.1, 0.15) is 0 Å². The Bertz CT molecular complexity index is 767. The van der Waals surface area contributed by atoms with Crippen molar-refractivity contribution in [2.24, 2.45) is 0 Å². The number of carboxylic acid groups (broad SMARTS) is 1. The molecule has 0 spiro atoms. The average Bonchev–Trinajstić information content (AvgIpc) is 2.45. The Morgan fingerprint density at radius 3 is 2.19 bits per heavy atom. The lowest BCUT2D eigenvalue weighted by atomic mass is 10.0. The van der Waals surface area contributed by atoms with E-state index in [1.807, 2.05) is 6.92 Å². The summed E-state index contributed by atoms with van der Waals surface area (Å²) < 4.78 is 32.2. The predicted molar refractivity (Wildman–Crippen MR) is 96.5 cm³/mol. The van der Waals surface area contributed by atoms with E-state index in [4.69, 9.17) is 4.74 Å². The SMILES string of the molecule is COCC(C)(NC(=O)CCNS(=O)(=O)c1c(C)cc(C)cc1C)C(=O)O. The maximum atomic E-state index is 12.5. The monoisotopic (exact) mass is 386 g/mol. The van der Waals surface area contributed by atoms with Crippen molar-refractivity contribution >= 4 is 21.9 Å². The molecule has 8 nitrogen and oxygen atoms in total. The Balaban J connectivity index is 2.75. The van der Waals surface area contributed by atoms with Crippen LogP contribution >= 0.6 is 0 Å². The number of rotatable bonds is 9. The van der Waals surface area contributed by atoms with Crippen molar-refractivity contribution in [1.82, 2.24) is 10.0 Å². The number of carbonyl (C=O) groups is 2. The fourth-order valence-electron chi connectivity index (χ4n) is 2.77. The third-order valence-corrected chi connectivity index (χ3v) is 5.60. The Labute approximate surface area is 154 Å². The molecule has 0 fully saturated rings. The summed E-state index contributed by atoms with van der Waals surface area (Å²) in [4.78, 5) is 23.4. The normalized spacial score (nSPS) is 13.9. The zero-order valence-electron chi connectivity index (χ0n) is 15.7. The zero-order valence-corrected chi connectivity index (χ0v) is 16.5. The highest BCUT2D eigenvalue weighted by atomic mass is 32.2. The van der Waals surface area contributed by atoms with Gasteiger partial charge in [0.25, 0.3) is 0 Å². The maximum absolute atomic E-state index is 12.5. The van der Waals surface area contributed by atoms with Crippen LogP contribution < -0.4 is 10.0 Å². The molecular formula is C17H26N2O6S. The zero-order chi connectivity index (χ0) is 20.1. The first kappa shape index (κ1) is 22.1. The van der Waals surface area contributed by atoms with Crippen LogP contribution in [-0.2, 0) is 24.3 Å². The fourth-order valence-corrected chi connectivity index (χ4v) is 4.25. The number of carboxylic acids is 1. The highest BCUT2D eigenvalue weighted by Crippen LogP contribution is 2.21. The number of ether oxygens (including phenoxy) is 1. The van der Waals surface area contributed by atoms with Gasteiger partial charge in [-0.3, -0.25) is 4.79 Å². The van der Waals surface area contributed by atoms with E-state index in [1.165, 1.54) is 14.0 Å². The van der Waals surface area contributed by atoms with E-state index >= 15 is 0 Å². The molecule has 1 aromatic carbocycles. The molecule has 0 bridgehead atoms. The third-order valence-electron chi connectivity index (χ3n) is 3.84. The number of aliphatic carboxylic acids is 1. The second-order valence-corrected chi connectivity index (χ2v) is 8.20. The molecule has 146 valence electrons. The molecule has 0 saturated heterocycles. The second-order valence-electron chi connectivity index (χ2n) is 6.49. The van der Waals surface area contributed by atoms with Crippen LogP contribution in [0.25, 0.3) is 0 Å². The molecular weight excluding hydrogens is 360 g/mol. The summed E-state index contributed by atoms with van der Waals surface area (Å²) >= 11 is 0. The number of methoxy groups -OCH3 is 1. The largest absolute Gasteiger partial charge is 0.479 e. The second kappa shape index (κ2) is 8.61. The summed E-state index contributed by atoms with van der Waals surface area (Å²) in [6.45, 7) is 6.27. The van der Waals surface area contributed by atoms with Crippen LogP contribution in [0.15, 0.2) is 17.0 Å². The lowest BCUT2D eigenvalue weighted by Gasteiger charge is -2.25. The number of benzene rings is 1. The lowest BCUT2D eigenvalue weighted by molar-refractivity contribution is -0.149. The van der Waals surface area contributed by atoms with Crippen LogP contribution in [0, 0.1) is 20.8 Å². The van der Waals surface area contributed by atoms with Gasteiger partial charge < -0.3 is 15.2 Å². The van der Waals surface area contributed by atoms with E-state index in [0.29, 0.717) is 11.1 Å². The van der Waals surface area contributed by atoms with Gasteiger partial charge in [0, 0.05) is 20.1 Å². The summed E-state index contributed by atoms with van der Waals surface area (Å²) in [5.41, 5.74) is 0.634. The minimum Gasteiger partial charge on any atom is -0.479 e. The van der Waals surface area contributed by atoms with Crippen molar-refractivity contribution in [1.29, 1.82) is 0 Å². The van der Waals surface area contributed by atoms with Crippen molar-refractivity contribution in [2.45, 2.75) is 44.6 Å². The van der Waals surface area contributed by atoms with Gasteiger partial charge in [-0.25, -0.2) is 17.9 Å². The highest BCUT2D eigenvalue weighted by molar-refractivity contribution is 7.89. The number of carbonyl (C=O) groups excluding carboxylic acids is 1. The molecule has 0 aliphatic heterocycles. The van der Waals surface area contributed by atoms with Crippen LogP contribution in [0.3, 0.4) is 0 Å². The third kappa shape index (κ3) is 5.52. The number of hydrogen-bond donors (Lipinski definition) is 3. The van der Waals surface area contributed by atoms with Crippen LogP contribution in [0.2, 0.25) is 0 Å². The summed E-state index contributed by atoms with van der Waals surface area (Å²) in [6, 6.07) is 3.55. The van der Waals surface area contributed by atoms with Gasteiger partial charge in [0.15, 0.2) is 5.54 Å². The Morgan fingerprint density at radius 1 is 1.19 bits per heavy atom. The number of nitrogens with one attached hydrogen (secondary N) is 2. The van der Waals surface area contributed by atoms with Crippen LogP contribution in [0.1, 0.15) is 30.0 Å².